The molecule has 2 aromatic carbocycles. The van der Waals surface area contributed by atoms with Gasteiger partial charge in [-0.15, -0.1) is 0 Å². The summed E-state index contributed by atoms with van der Waals surface area (Å²) in [7, 11) is 0. The molecule has 0 radical (unpaired) electrons. The first-order valence-electron chi connectivity index (χ1n) is 11.6. The zero-order chi connectivity index (χ0) is 22.9. The van der Waals surface area contributed by atoms with Crippen LogP contribution >= 0.6 is 0 Å². The first-order valence-corrected chi connectivity index (χ1v) is 11.6. The van der Waals surface area contributed by atoms with Gasteiger partial charge < -0.3 is 0 Å². The first-order chi connectivity index (χ1) is 16.6. The summed E-state index contributed by atoms with van der Waals surface area (Å²) in [5, 5.41) is 1.15. The van der Waals surface area contributed by atoms with Gasteiger partial charge in [0.2, 0.25) is 0 Å². The van der Waals surface area contributed by atoms with Crippen molar-refractivity contribution < 1.29 is 0 Å². The van der Waals surface area contributed by atoms with Crippen LogP contribution in [-0.4, -0.2) is 19.5 Å². The molecule has 4 heterocycles. The molecule has 1 aliphatic carbocycles. The van der Waals surface area contributed by atoms with Crippen molar-refractivity contribution in [3.63, 3.8) is 0 Å². The molecule has 0 saturated carbocycles. The van der Waals surface area contributed by atoms with Gasteiger partial charge in [0.15, 0.2) is 0 Å². The molecule has 0 N–H and O–H groups in total. The fraction of sp³-hybridized carbons (Fsp3) is 0.100. The van der Waals surface area contributed by atoms with Crippen molar-refractivity contribution in [2.75, 3.05) is 0 Å². The van der Waals surface area contributed by atoms with Crippen molar-refractivity contribution in [1.29, 1.82) is 0 Å². The van der Waals surface area contributed by atoms with Gasteiger partial charge in [-0.1, -0.05) is 50.2 Å². The number of nitrogens with zero attached hydrogens (tertiary/aromatic N) is 4. The van der Waals surface area contributed by atoms with Crippen LogP contribution in [0.2, 0.25) is 0 Å². The van der Waals surface area contributed by atoms with Crippen LogP contribution in [0.5, 0.6) is 0 Å². The van der Waals surface area contributed by atoms with E-state index in [1.807, 2.05) is 42.6 Å². The molecule has 0 amide bonds. The van der Waals surface area contributed by atoms with Gasteiger partial charge in [0, 0.05) is 23.2 Å². The lowest BCUT2D eigenvalue weighted by atomic mass is 9.82. The van der Waals surface area contributed by atoms with Gasteiger partial charge in [0.05, 0.1) is 27.9 Å². The third kappa shape index (κ3) is 2.57. The fourth-order valence-corrected chi connectivity index (χ4v) is 5.48. The Balaban J connectivity index is 1.56. The van der Waals surface area contributed by atoms with E-state index in [1.54, 1.807) is 6.20 Å². The van der Waals surface area contributed by atoms with Crippen molar-refractivity contribution in [3.8, 4) is 28.3 Å². The normalized spacial score (nSPS) is 13.8. The van der Waals surface area contributed by atoms with Crippen molar-refractivity contribution in [3.05, 3.63) is 108 Å². The maximum Gasteiger partial charge on any atom is 0.138 e. The van der Waals surface area contributed by atoms with E-state index in [9.17, 15) is 0 Å². The van der Waals surface area contributed by atoms with Crippen LogP contribution < -0.4 is 0 Å². The molecule has 0 bridgehead atoms. The van der Waals surface area contributed by atoms with Crippen LogP contribution in [0, 0.1) is 0 Å². The molecule has 34 heavy (non-hydrogen) atoms. The highest BCUT2D eigenvalue weighted by molar-refractivity contribution is 6.09. The molecular weight excluding hydrogens is 416 g/mol. The van der Waals surface area contributed by atoms with E-state index in [0.29, 0.717) is 0 Å². The predicted octanol–water partition coefficient (Wildman–Crippen LogP) is 6.94. The molecule has 6 aromatic rings. The lowest BCUT2D eigenvalue weighted by molar-refractivity contribution is 0.661. The topological polar surface area (TPSA) is 43.6 Å². The average Bonchev–Trinajstić information content (AvgIpc) is 3.33. The van der Waals surface area contributed by atoms with E-state index in [0.717, 1.165) is 39.1 Å². The van der Waals surface area contributed by atoms with Gasteiger partial charge in [-0.2, -0.15) is 0 Å². The SMILES string of the molecule is CC1(C)c2ccccc2-c2cc3c(cc21)c1ncccc1n3-c1cccc(-c2ccccn2)n1. The zero-order valence-corrected chi connectivity index (χ0v) is 19.0. The van der Waals surface area contributed by atoms with Gasteiger partial charge in [-0.25, -0.2) is 4.98 Å². The average molecular weight is 439 g/mol. The molecule has 7 rings (SSSR count). The van der Waals surface area contributed by atoms with E-state index in [1.165, 1.54) is 22.3 Å². The Bertz CT molecular complexity index is 1730. The molecule has 0 aliphatic heterocycles. The Morgan fingerprint density at radius 3 is 2.35 bits per heavy atom. The summed E-state index contributed by atoms with van der Waals surface area (Å²) < 4.78 is 2.23. The molecule has 0 unspecified atom stereocenters. The number of hydrogen-bond acceptors (Lipinski definition) is 3. The molecule has 0 spiro atoms. The smallest absolute Gasteiger partial charge is 0.138 e. The highest BCUT2D eigenvalue weighted by Crippen LogP contribution is 2.50. The summed E-state index contributed by atoms with van der Waals surface area (Å²) in [6, 6.07) is 29.6. The second-order valence-corrected chi connectivity index (χ2v) is 9.39. The molecule has 1 aliphatic rings. The van der Waals surface area contributed by atoms with Gasteiger partial charge in [-0.3, -0.25) is 14.5 Å². The summed E-state index contributed by atoms with van der Waals surface area (Å²) in [5.41, 5.74) is 10.1. The molecule has 4 nitrogen and oxygen atoms in total. The largest absolute Gasteiger partial charge is 0.292 e. The lowest BCUT2D eigenvalue weighted by Crippen LogP contribution is -2.14. The third-order valence-corrected chi connectivity index (χ3v) is 7.11. The van der Waals surface area contributed by atoms with Crippen LogP contribution in [0.1, 0.15) is 25.0 Å². The molecule has 0 atom stereocenters. The van der Waals surface area contributed by atoms with E-state index in [2.05, 4.69) is 71.9 Å². The summed E-state index contributed by atoms with van der Waals surface area (Å²) >= 11 is 0. The maximum atomic E-state index is 5.02. The van der Waals surface area contributed by atoms with E-state index in [4.69, 9.17) is 9.97 Å². The van der Waals surface area contributed by atoms with E-state index < -0.39 is 0 Å². The number of benzene rings is 2. The highest BCUT2D eigenvalue weighted by atomic mass is 15.1. The monoisotopic (exact) mass is 438 g/mol. The van der Waals surface area contributed by atoms with Crippen molar-refractivity contribution in [2.45, 2.75) is 19.3 Å². The molecule has 0 saturated heterocycles. The van der Waals surface area contributed by atoms with Crippen LogP contribution in [0.15, 0.2) is 97.3 Å². The Morgan fingerprint density at radius 2 is 1.47 bits per heavy atom. The maximum absolute atomic E-state index is 5.02. The van der Waals surface area contributed by atoms with Crippen LogP contribution in [0.25, 0.3) is 50.3 Å². The van der Waals surface area contributed by atoms with E-state index in [-0.39, 0.29) is 5.41 Å². The minimum atomic E-state index is -0.0551. The van der Waals surface area contributed by atoms with Gasteiger partial charge in [0.25, 0.3) is 0 Å². The number of pyridine rings is 3. The Kier molecular flexibility index (Phi) is 3.86. The first kappa shape index (κ1) is 19.2. The summed E-state index contributed by atoms with van der Waals surface area (Å²) in [4.78, 5) is 14.3. The van der Waals surface area contributed by atoms with Crippen molar-refractivity contribution in [2.24, 2.45) is 0 Å². The number of fused-ring (bicyclic) bond motifs is 6. The molecular formula is C30H22N4. The number of rotatable bonds is 2. The zero-order valence-electron chi connectivity index (χ0n) is 19.0. The third-order valence-electron chi connectivity index (χ3n) is 7.11. The van der Waals surface area contributed by atoms with Crippen LogP contribution in [0.3, 0.4) is 0 Å². The highest BCUT2D eigenvalue weighted by Gasteiger charge is 2.36. The Labute approximate surface area is 197 Å². The quantitative estimate of drug-likeness (QED) is 0.294. The van der Waals surface area contributed by atoms with E-state index >= 15 is 0 Å². The minimum Gasteiger partial charge on any atom is -0.292 e. The van der Waals surface area contributed by atoms with Gasteiger partial charge in [0.1, 0.15) is 5.82 Å². The minimum absolute atomic E-state index is 0.0551. The molecule has 162 valence electrons. The van der Waals surface area contributed by atoms with Crippen LogP contribution in [-0.2, 0) is 5.41 Å². The predicted molar refractivity (Wildman–Crippen MR) is 137 cm³/mol. The summed E-state index contributed by atoms with van der Waals surface area (Å²) in [6.45, 7) is 4.63. The fourth-order valence-electron chi connectivity index (χ4n) is 5.48. The Morgan fingerprint density at radius 1 is 0.647 bits per heavy atom. The number of hydrogen-bond donors (Lipinski definition) is 0. The van der Waals surface area contributed by atoms with Crippen LogP contribution in [0.4, 0.5) is 0 Å². The second kappa shape index (κ2) is 6.84. The van der Waals surface area contributed by atoms with Gasteiger partial charge in [-0.05, 0) is 70.8 Å². The Hall–Kier alpha value is -4.31. The standard InChI is InChI=1S/C30H22N4/c1-30(2)22-10-4-3-9-19(22)20-18-27-21(17-23(20)30)29-26(13-8-16-32-29)34(27)28-14-7-12-25(33-28)24-11-5-6-15-31-24/h3-18H,1-2H3. The molecule has 4 aromatic heterocycles. The molecule has 0 fully saturated rings. The van der Waals surface area contributed by atoms with Gasteiger partial charge >= 0.3 is 0 Å². The van der Waals surface area contributed by atoms with Crippen molar-refractivity contribution >= 4 is 21.9 Å². The van der Waals surface area contributed by atoms with Crippen molar-refractivity contribution in [1.82, 2.24) is 19.5 Å². The second-order valence-electron chi connectivity index (χ2n) is 9.39. The number of aromatic nitrogens is 4. The summed E-state index contributed by atoms with van der Waals surface area (Å²) in [5.74, 6) is 0.863. The lowest BCUT2D eigenvalue weighted by Gasteiger charge is -2.21. The summed E-state index contributed by atoms with van der Waals surface area (Å²) in [6.07, 6.45) is 3.67. The molecule has 4 heteroatoms.